The lowest BCUT2D eigenvalue weighted by Crippen LogP contribution is -2.46. The highest BCUT2D eigenvalue weighted by molar-refractivity contribution is 7.13. The van der Waals surface area contributed by atoms with Gasteiger partial charge in [0.1, 0.15) is 10.7 Å². The molecule has 0 saturated carbocycles. The molecule has 0 radical (unpaired) electrons. The van der Waals surface area contributed by atoms with E-state index in [1.165, 1.54) is 11.3 Å². The summed E-state index contributed by atoms with van der Waals surface area (Å²) in [6, 6.07) is 6.33. The molecule has 0 spiro atoms. The number of amides is 1. The minimum absolute atomic E-state index is 0.0164. The van der Waals surface area contributed by atoms with Gasteiger partial charge in [-0.05, 0) is 38.9 Å². The third-order valence-electron chi connectivity index (χ3n) is 4.60. The van der Waals surface area contributed by atoms with Gasteiger partial charge in [-0.2, -0.15) is 5.10 Å². The molecule has 1 amide bonds. The van der Waals surface area contributed by atoms with E-state index >= 15 is 0 Å². The Morgan fingerprint density at radius 3 is 3.08 bits per heavy atom. The highest BCUT2D eigenvalue weighted by Crippen LogP contribution is 2.28. The maximum Gasteiger partial charge on any atom is 0.273 e. The molecule has 1 aliphatic heterocycles. The second-order valence-corrected chi connectivity index (χ2v) is 7.44. The monoisotopic (exact) mass is 355 g/mol. The summed E-state index contributed by atoms with van der Waals surface area (Å²) in [5, 5.41) is 10.4. The van der Waals surface area contributed by atoms with E-state index in [1.54, 1.807) is 0 Å². The molecule has 4 heterocycles. The fraction of sp³-hybridized carbons (Fsp3) is 0.389. The van der Waals surface area contributed by atoms with E-state index in [4.69, 9.17) is 0 Å². The van der Waals surface area contributed by atoms with Crippen molar-refractivity contribution < 1.29 is 4.79 Å². The average molecular weight is 355 g/mol. The quantitative estimate of drug-likeness (QED) is 0.782. The summed E-state index contributed by atoms with van der Waals surface area (Å²) >= 11 is 1.49. The molecule has 3 aromatic heterocycles. The lowest BCUT2D eigenvalue weighted by molar-refractivity contribution is 0.0621. The number of nitrogens with one attached hydrogen (secondary N) is 1. The summed E-state index contributed by atoms with van der Waals surface area (Å²) in [7, 11) is 0. The molecule has 4 rings (SSSR count). The van der Waals surface area contributed by atoms with E-state index in [-0.39, 0.29) is 18.0 Å². The van der Waals surface area contributed by atoms with Gasteiger partial charge in [-0.25, -0.2) is 9.50 Å². The average Bonchev–Trinajstić information content (AvgIpc) is 3.34. The minimum Gasteiger partial charge on any atom is -0.331 e. The van der Waals surface area contributed by atoms with Crippen molar-refractivity contribution >= 4 is 22.8 Å². The van der Waals surface area contributed by atoms with Gasteiger partial charge in [0.25, 0.3) is 5.91 Å². The van der Waals surface area contributed by atoms with Crippen molar-refractivity contribution in [2.75, 3.05) is 13.1 Å². The largest absolute Gasteiger partial charge is 0.331 e. The number of hydrogen-bond acceptors (Lipinski definition) is 5. The Hall–Kier alpha value is -2.25. The van der Waals surface area contributed by atoms with Crippen molar-refractivity contribution in [3.05, 3.63) is 41.7 Å². The summed E-state index contributed by atoms with van der Waals surface area (Å²) < 4.78 is 1.82. The zero-order chi connectivity index (χ0) is 17.4. The summed E-state index contributed by atoms with van der Waals surface area (Å²) in [4.78, 5) is 19.6. The number of thiazole rings is 1. The number of aromatic nitrogens is 3. The predicted octanol–water partition coefficient (Wildman–Crippen LogP) is 2.67. The van der Waals surface area contributed by atoms with Crippen molar-refractivity contribution in [2.24, 2.45) is 0 Å². The maximum absolute atomic E-state index is 13.0. The highest BCUT2D eigenvalue weighted by atomic mass is 32.1. The van der Waals surface area contributed by atoms with Gasteiger partial charge in [0, 0.05) is 30.2 Å². The van der Waals surface area contributed by atoms with Crippen molar-refractivity contribution in [1.82, 2.24) is 24.8 Å². The zero-order valence-electron chi connectivity index (χ0n) is 14.3. The molecule has 7 heteroatoms. The van der Waals surface area contributed by atoms with Gasteiger partial charge < -0.3 is 10.2 Å². The van der Waals surface area contributed by atoms with E-state index in [2.05, 4.69) is 29.2 Å². The Bertz CT molecular complexity index is 894. The molecule has 3 aromatic rings. The van der Waals surface area contributed by atoms with Crippen LogP contribution in [-0.4, -0.2) is 50.6 Å². The first-order valence-electron chi connectivity index (χ1n) is 8.57. The molecule has 1 atom stereocenters. The number of hydrogen-bond donors (Lipinski definition) is 1. The van der Waals surface area contributed by atoms with Gasteiger partial charge in [0.2, 0.25) is 0 Å². The van der Waals surface area contributed by atoms with Crippen LogP contribution in [0.1, 0.15) is 30.8 Å². The van der Waals surface area contributed by atoms with Crippen LogP contribution in [0.4, 0.5) is 0 Å². The van der Waals surface area contributed by atoms with Crippen molar-refractivity contribution in [2.45, 2.75) is 32.4 Å². The van der Waals surface area contributed by atoms with E-state index in [9.17, 15) is 4.79 Å². The first-order chi connectivity index (χ1) is 12.1. The lowest BCUT2D eigenvalue weighted by atomic mass is 10.1. The molecule has 0 aromatic carbocycles. The number of carbonyl (C=O) groups excluding carboxylic acids is 1. The molecule has 0 bridgehead atoms. The second-order valence-electron chi connectivity index (χ2n) is 6.58. The fourth-order valence-electron chi connectivity index (χ4n) is 3.43. The van der Waals surface area contributed by atoms with Gasteiger partial charge >= 0.3 is 0 Å². The van der Waals surface area contributed by atoms with E-state index in [1.807, 2.05) is 45.4 Å². The zero-order valence-corrected chi connectivity index (χ0v) is 15.2. The van der Waals surface area contributed by atoms with Crippen molar-refractivity contribution in [1.29, 1.82) is 0 Å². The Morgan fingerprint density at radius 1 is 1.44 bits per heavy atom. The maximum atomic E-state index is 13.0. The third kappa shape index (κ3) is 2.94. The van der Waals surface area contributed by atoms with Crippen molar-refractivity contribution in [3.8, 4) is 10.6 Å². The topological polar surface area (TPSA) is 62.5 Å². The standard InChI is InChI=1S/C18H21N5OS/c1-12(2)23(13-6-7-19-9-13)18(24)15-11-25-17(21-15)14-10-20-22-8-4-3-5-16(14)22/h3-5,8,10-13,19H,6-7,9H2,1-2H3/t13-/m0/s1. The first-order valence-corrected chi connectivity index (χ1v) is 9.45. The molecule has 1 aliphatic rings. The lowest BCUT2D eigenvalue weighted by Gasteiger charge is -2.31. The number of rotatable bonds is 4. The normalized spacial score (nSPS) is 17.5. The molecule has 1 saturated heterocycles. The van der Waals surface area contributed by atoms with Crippen LogP contribution in [0.2, 0.25) is 0 Å². The van der Waals surface area contributed by atoms with Crippen LogP contribution >= 0.6 is 11.3 Å². The van der Waals surface area contributed by atoms with Crippen LogP contribution < -0.4 is 5.32 Å². The van der Waals surface area contributed by atoms with Gasteiger partial charge in [-0.1, -0.05) is 6.07 Å². The summed E-state index contributed by atoms with van der Waals surface area (Å²) in [5.41, 5.74) is 2.48. The number of fused-ring (bicyclic) bond motifs is 1. The van der Waals surface area contributed by atoms with Crippen molar-refractivity contribution in [3.63, 3.8) is 0 Å². The summed E-state index contributed by atoms with van der Waals surface area (Å²) in [6.07, 6.45) is 4.71. The molecule has 0 aliphatic carbocycles. The minimum atomic E-state index is 0.0164. The van der Waals surface area contributed by atoms with Crippen LogP contribution in [0.5, 0.6) is 0 Å². The van der Waals surface area contributed by atoms with Gasteiger partial charge in [-0.15, -0.1) is 11.3 Å². The fourth-order valence-corrected chi connectivity index (χ4v) is 4.24. The first kappa shape index (κ1) is 16.2. The molecule has 25 heavy (non-hydrogen) atoms. The van der Waals surface area contributed by atoms with Gasteiger partial charge in [0.05, 0.1) is 17.3 Å². The van der Waals surface area contributed by atoms with Crippen LogP contribution in [0.25, 0.3) is 16.1 Å². The molecule has 130 valence electrons. The molecule has 6 nitrogen and oxygen atoms in total. The van der Waals surface area contributed by atoms with Crippen LogP contribution in [0.15, 0.2) is 36.0 Å². The van der Waals surface area contributed by atoms with Gasteiger partial charge in [0.15, 0.2) is 0 Å². The third-order valence-corrected chi connectivity index (χ3v) is 5.47. The second kappa shape index (κ2) is 6.57. The molecule has 1 fully saturated rings. The smallest absolute Gasteiger partial charge is 0.273 e. The van der Waals surface area contributed by atoms with Crippen LogP contribution in [0.3, 0.4) is 0 Å². The molecular formula is C18H21N5OS. The highest BCUT2D eigenvalue weighted by Gasteiger charge is 2.30. The molecule has 0 unspecified atom stereocenters. The van der Waals surface area contributed by atoms with E-state index in [0.717, 1.165) is 35.6 Å². The van der Waals surface area contributed by atoms with E-state index < -0.39 is 0 Å². The van der Waals surface area contributed by atoms with Crippen LogP contribution in [-0.2, 0) is 0 Å². The Balaban J connectivity index is 1.65. The molecule has 1 N–H and O–H groups in total. The Morgan fingerprint density at radius 2 is 2.32 bits per heavy atom. The molecular weight excluding hydrogens is 334 g/mol. The summed E-state index contributed by atoms with van der Waals surface area (Å²) in [5.74, 6) is 0.0164. The Kier molecular flexibility index (Phi) is 4.27. The SMILES string of the molecule is CC(C)N(C(=O)c1csc(-c2cnn3ccccc23)n1)[C@H]1CCNC1. The van der Waals surface area contributed by atoms with Gasteiger partial charge in [-0.3, -0.25) is 4.79 Å². The summed E-state index contributed by atoms with van der Waals surface area (Å²) in [6.45, 7) is 5.95. The number of carbonyl (C=O) groups is 1. The number of pyridine rings is 1. The van der Waals surface area contributed by atoms with Crippen LogP contribution in [0, 0.1) is 0 Å². The Labute approximate surface area is 150 Å². The predicted molar refractivity (Wildman–Crippen MR) is 98.9 cm³/mol. The van der Waals surface area contributed by atoms with E-state index in [0.29, 0.717) is 5.69 Å². The number of nitrogens with zero attached hydrogens (tertiary/aromatic N) is 4.